The molecular formula is C22H21N3O4. The van der Waals surface area contributed by atoms with Crippen molar-refractivity contribution in [2.75, 3.05) is 6.54 Å². The van der Waals surface area contributed by atoms with Crippen LogP contribution < -0.4 is 5.32 Å². The molecule has 1 atom stereocenters. The third-order valence-corrected chi connectivity index (χ3v) is 5.32. The molecule has 7 heteroatoms. The maximum atomic E-state index is 12.6. The molecule has 2 aliphatic rings. The highest BCUT2D eigenvalue weighted by Gasteiger charge is 2.45. The molecule has 1 aliphatic carbocycles. The van der Waals surface area contributed by atoms with Crippen LogP contribution in [0.15, 0.2) is 54.6 Å². The number of benzene rings is 2. The highest BCUT2D eigenvalue weighted by Crippen LogP contribution is 2.29. The van der Waals surface area contributed by atoms with Crippen LogP contribution in [-0.2, 0) is 27.3 Å². The molecule has 1 aliphatic heterocycles. The number of rotatable bonds is 5. The molecule has 0 aromatic heterocycles. The molecule has 0 bridgehead atoms. The van der Waals surface area contributed by atoms with E-state index < -0.39 is 30.3 Å². The molecule has 5 amide bonds. The molecule has 2 aromatic carbocycles. The highest BCUT2D eigenvalue weighted by atomic mass is 16.2. The van der Waals surface area contributed by atoms with Crippen LogP contribution in [0, 0.1) is 0 Å². The average molecular weight is 391 g/mol. The van der Waals surface area contributed by atoms with Crippen molar-refractivity contribution in [3.63, 3.8) is 0 Å². The summed E-state index contributed by atoms with van der Waals surface area (Å²) in [6.45, 7) is -0.467. The Morgan fingerprint density at radius 3 is 2.41 bits per heavy atom. The third kappa shape index (κ3) is 3.76. The van der Waals surface area contributed by atoms with E-state index in [1.165, 1.54) is 5.56 Å². The van der Waals surface area contributed by atoms with Crippen molar-refractivity contribution in [3.8, 4) is 0 Å². The second-order valence-electron chi connectivity index (χ2n) is 7.26. The van der Waals surface area contributed by atoms with Crippen LogP contribution in [0.1, 0.15) is 35.6 Å². The minimum atomic E-state index is -0.967. The molecule has 7 nitrogen and oxygen atoms in total. The van der Waals surface area contributed by atoms with Gasteiger partial charge in [0.1, 0.15) is 6.54 Å². The Morgan fingerprint density at radius 1 is 0.931 bits per heavy atom. The van der Waals surface area contributed by atoms with Gasteiger partial charge in [-0.15, -0.1) is 0 Å². The van der Waals surface area contributed by atoms with Gasteiger partial charge < -0.3 is 5.32 Å². The molecular weight excluding hydrogens is 370 g/mol. The Hall–Kier alpha value is -3.48. The van der Waals surface area contributed by atoms with Gasteiger partial charge in [0, 0.05) is 0 Å². The summed E-state index contributed by atoms with van der Waals surface area (Å²) >= 11 is 0. The molecule has 0 saturated carbocycles. The Bertz CT molecular complexity index is 973. The molecule has 0 spiro atoms. The van der Waals surface area contributed by atoms with Crippen molar-refractivity contribution >= 4 is 23.8 Å². The number of fused-ring (bicyclic) bond motifs is 1. The van der Waals surface area contributed by atoms with E-state index in [2.05, 4.69) is 5.32 Å². The SMILES string of the molecule is O=C(CN1C(=O)C(=O)N(Cc2ccccc2)C1=O)N[C@H]1CCCc2ccccc21. The van der Waals surface area contributed by atoms with E-state index in [0.29, 0.717) is 0 Å². The van der Waals surface area contributed by atoms with Gasteiger partial charge in [-0.1, -0.05) is 54.6 Å². The predicted molar refractivity (Wildman–Crippen MR) is 104 cm³/mol. The zero-order valence-electron chi connectivity index (χ0n) is 15.8. The van der Waals surface area contributed by atoms with Crippen LogP contribution in [0.4, 0.5) is 4.79 Å². The van der Waals surface area contributed by atoms with E-state index in [4.69, 9.17) is 0 Å². The topological polar surface area (TPSA) is 86.8 Å². The predicted octanol–water partition coefficient (Wildman–Crippen LogP) is 2.17. The number of urea groups is 1. The van der Waals surface area contributed by atoms with Crippen LogP contribution in [0.5, 0.6) is 0 Å². The first-order chi connectivity index (χ1) is 14.0. The molecule has 0 unspecified atom stereocenters. The molecule has 148 valence electrons. The van der Waals surface area contributed by atoms with Crippen LogP contribution in [0.3, 0.4) is 0 Å². The van der Waals surface area contributed by atoms with E-state index in [1.54, 1.807) is 24.3 Å². The summed E-state index contributed by atoms with van der Waals surface area (Å²) in [5, 5.41) is 2.91. The van der Waals surface area contributed by atoms with Gasteiger partial charge in [-0.05, 0) is 36.0 Å². The standard InChI is InChI=1S/C22H21N3O4/c26-19(23-18-12-6-10-16-9-4-5-11-17(16)18)14-25-21(28)20(27)24(22(25)29)13-15-7-2-1-3-8-15/h1-5,7-9,11,18H,6,10,12-14H2,(H,23,26)/t18-/m0/s1. The number of amides is 5. The number of hydrogen-bond donors (Lipinski definition) is 1. The van der Waals surface area contributed by atoms with Gasteiger partial charge in [-0.25, -0.2) is 9.69 Å². The van der Waals surface area contributed by atoms with Crippen molar-refractivity contribution in [2.24, 2.45) is 0 Å². The van der Waals surface area contributed by atoms with Gasteiger partial charge in [-0.2, -0.15) is 0 Å². The molecule has 1 heterocycles. The monoisotopic (exact) mass is 391 g/mol. The largest absolute Gasteiger partial charge is 0.348 e. The lowest BCUT2D eigenvalue weighted by Gasteiger charge is -2.27. The first kappa shape index (κ1) is 18.9. The van der Waals surface area contributed by atoms with Crippen LogP contribution in [-0.4, -0.2) is 40.1 Å². The summed E-state index contributed by atoms with van der Waals surface area (Å²) in [6.07, 6.45) is 2.71. The lowest BCUT2D eigenvalue weighted by molar-refractivity contribution is -0.144. The van der Waals surface area contributed by atoms with Gasteiger partial charge in [0.15, 0.2) is 0 Å². The molecule has 29 heavy (non-hydrogen) atoms. The van der Waals surface area contributed by atoms with Gasteiger partial charge in [0.05, 0.1) is 12.6 Å². The number of aryl methyl sites for hydroxylation is 1. The minimum absolute atomic E-state index is 0.00162. The number of nitrogens with one attached hydrogen (secondary N) is 1. The van der Waals surface area contributed by atoms with E-state index in [9.17, 15) is 19.2 Å². The Kier molecular flexibility index (Phi) is 5.12. The summed E-state index contributed by atoms with van der Waals surface area (Å²) in [7, 11) is 0. The van der Waals surface area contributed by atoms with Crippen molar-refractivity contribution in [2.45, 2.75) is 31.8 Å². The number of nitrogens with zero attached hydrogens (tertiary/aromatic N) is 2. The van der Waals surface area contributed by atoms with E-state index in [1.807, 2.05) is 30.3 Å². The Balaban J connectivity index is 1.43. The maximum Gasteiger partial charge on any atom is 0.335 e. The molecule has 1 N–H and O–H groups in total. The van der Waals surface area contributed by atoms with Gasteiger partial charge >= 0.3 is 17.8 Å². The lowest BCUT2D eigenvalue weighted by Crippen LogP contribution is -2.43. The van der Waals surface area contributed by atoms with Crippen LogP contribution in [0.25, 0.3) is 0 Å². The Labute approximate surface area is 168 Å². The second-order valence-corrected chi connectivity index (χ2v) is 7.26. The van der Waals surface area contributed by atoms with Crippen LogP contribution in [0.2, 0.25) is 0 Å². The van der Waals surface area contributed by atoms with Crippen molar-refractivity contribution < 1.29 is 19.2 Å². The molecule has 1 saturated heterocycles. The van der Waals surface area contributed by atoms with E-state index in [-0.39, 0.29) is 12.6 Å². The Morgan fingerprint density at radius 2 is 1.62 bits per heavy atom. The lowest BCUT2D eigenvalue weighted by atomic mass is 9.88. The summed E-state index contributed by atoms with van der Waals surface area (Å²) in [5.74, 6) is -2.33. The van der Waals surface area contributed by atoms with Gasteiger partial charge in [0.25, 0.3) is 0 Å². The molecule has 1 fully saturated rings. The zero-order chi connectivity index (χ0) is 20.4. The number of imide groups is 2. The maximum absolute atomic E-state index is 12.6. The van der Waals surface area contributed by atoms with Gasteiger partial charge in [-0.3, -0.25) is 19.3 Å². The van der Waals surface area contributed by atoms with E-state index in [0.717, 1.165) is 40.2 Å². The van der Waals surface area contributed by atoms with Crippen molar-refractivity contribution in [3.05, 3.63) is 71.3 Å². The zero-order valence-corrected chi connectivity index (χ0v) is 15.8. The fourth-order valence-electron chi connectivity index (χ4n) is 3.88. The first-order valence-electron chi connectivity index (χ1n) is 9.63. The number of carbonyl (C=O) groups excluding carboxylic acids is 4. The van der Waals surface area contributed by atoms with Gasteiger partial charge in [0.2, 0.25) is 5.91 Å². The summed E-state index contributed by atoms with van der Waals surface area (Å²) < 4.78 is 0. The summed E-state index contributed by atoms with van der Waals surface area (Å²) in [5.41, 5.74) is 2.99. The fourth-order valence-corrected chi connectivity index (χ4v) is 3.88. The minimum Gasteiger partial charge on any atom is -0.348 e. The smallest absolute Gasteiger partial charge is 0.335 e. The van der Waals surface area contributed by atoms with Crippen molar-refractivity contribution in [1.29, 1.82) is 0 Å². The normalized spacial score (nSPS) is 18.8. The van der Waals surface area contributed by atoms with E-state index >= 15 is 0 Å². The molecule has 2 aromatic rings. The van der Waals surface area contributed by atoms with Crippen LogP contribution >= 0.6 is 0 Å². The second kappa shape index (κ2) is 7.87. The number of carbonyl (C=O) groups is 4. The molecule has 4 rings (SSSR count). The highest BCUT2D eigenvalue weighted by molar-refractivity contribution is 6.44. The third-order valence-electron chi connectivity index (χ3n) is 5.32. The average Bonchev–Trinajstić information content (AvgIpc) is 2.93. The first-order valence-corrected chi connectivity index (χ1v) is 9.63. The quantitative estimate of drug-likeness (QED) is 0.625. The molecule has 0 radical (unpaired) electrons. The summed E-state index contributed by atoms with van der Waals surface area (Å²) in [4.78, 5) is 51.3. The summed E-state index contributed by atoms with van der Waals surface area (Å²) in [6, 6.07) is 15.9. The fraction of sp³-hybridized carbons (Fsp3) is 0.273. The van der Waals surface area contributed by atoms with Crippen molar-refractivity contribution in [1.82, 2.24) is 15.1 Å². The number of hydrogen-bond acceptors (Lipinski definition) is 4.